The number of aromatic amines is 1. The van der Waals surface area contributed by atoms with Crippen molar-refractivity contribution in [2.75, 3.05) is 6.54 Å². The van der Waals surface area contributed by atoms with E-state index >= 15 is 0 Å². The SMILES string of the molecule is CC(C)(C)C(CCN)NC(=O)c1c[nH]ccc1=O. The summed E-state index contributed by atoms with van der Waals surface area (Å²) in [5.74, 6) is -0.356. The molecule has 0 bridgehead atoms. The Hall–Kier alpha value is -1.62. The van der Waals surface area contributed by atoms with E-state index in [0.717, 1.165) is 0 Å². The number of amides is 1. The number of nitrogens with one attached hydrogen (secondary N) is 2. The minimum Gasteiger partial charge on any atom is -0.367 e. The molecular formula is C13H21N3O2. The fraction of sp³-hybridized carbons (Fsp3) is 0.538. The number of nitrogens with two attached hydrogens (primary N) is 1. The van der Waals surface area contributed by atoms with Crippen molar-refractivity contribution in [3.05, 3.63) is 34.2 Å². The molecule has 0 aliphatic carbocycles. The Balaban J connectivity index is 2.86. The molecule has 0 aromatic carbocycles. The molecule has 1 aromatic heterocycles. The highest BCUT2D eigenvalue weighted by Crippen LogP contribution is 2.21. The number of hydrogen-bond acceptors (Lipinski definition) is 3. The second-order valence-electron chi connectivity index (χ2n) is 5.39. The average molecular weight is 251 g/mol. The topological polar surface area (TPSA) is 88.0 Å². The van der Waals surface area contributed by atoms with Crippen LogP contribution in [0.25, 0.3) is 0 Å². The normalized spacial score (nSPS) is 13.1. The molecule has 1 aromatic rings. The number of H-pyrrole nitrogens is 1. The van der Waals surface area contributed by atoms with Crippen molar-refractivity contribution in [1.29, 1.82) is 0 Å². The molecule has 0 saturated carbocycles. The van der Waals surface area contributed by atoms with Crippen LogP contribution in [0.2, 0.25) is 0 Å². The number of rotatable bonds is 4. The summed E-state index contributed by atoms with van der Waals surface area (Å²) in [6.45, 7) is 6.59. The maximum absolute atomic E-state index is 12.0. The Morgan fingerprint density at radius 2 is 2.17 bits per heavy atom. The maximum atomic E-state index is 12.0. The van der Waals surface area contributed by atoms with Crippen LogP contribution in [0.3, 0.4) is 0 Å². The molecule has 1 rings (SSSR count). The monoisotopic (exact) mass is 251 g/mol. The van der Waals surface area contributed by atoms with Crippen molar-refractivity contribution >= 4 is 5.91 Å². The lowest BCUT2D eigenvalue weighted by atomic mass is 9.84. The van der Waals surface area contributed by atoms with Gasteiger partial charge >= 0.3 is 0 Å². The number of aromatic nitrogens is 1. The molecule has 18 heavy (non-hydrogen) atoms. The first-order valence-electron chi connectivity index (χ1n) is 6.04. The average Bonchev–Trinajstić information content (AvgIpc) is 2.27. The van der Waals surface area contributed by atoms with Gasteiger partial charge in [-0.15, -0.1) is 0 Å². The maximum Gasteiger partial charge on any atom is 0.256 e. The van der Waals surface area contributed by atoms with Gasteiger partial charge in [0.2, 0.25) is 0 Å². The van der Waals surface area contributed by atoms with E-state index in [-0.39, 0.29) is 28.4 Å². The summed E-state index contributed by atoms with van der Waals surface area (Å²) >= 11 is 0. The lowest BCUT2D eigenvalue weighted by Crippen LogP contribution is -2.45. The molecule has 0 aliphatic heterocycles. The highest BCUT2D eigenvalue weighted by Gasteiger charge is 2.26. The highest BCUT2D eigenvalue weighted by atomic mass is 16.2. The lowest BCUT2D eigenvalue weighted by Gasteiger charge is -2.31. The number of pyridine rings is 1. The number of hydrogen-bond donors (Lipinski definition) is 3. The summed E-state index contributed by atoms with van der Waals surface area (Å²) in [6.07, 6.45) is 3.60. The number of carbonyl (C=O) groups excluding carboxylic acids is 1. The quantitative estimate of drug-likeness (QED) is 0.742. The third-order valence-electron chi connectivity index (χ3n) is 2.87. The van der Waals surface area contributed by atoms with Gasteiger partial charge in [-0.25, -0.2) is 0 Å². The van der Waals surface area contributed by atoms with Crippen molar-refractivity contribution in [3.63, 3.8) is 0 Å². The van der Waals surface area contributed by atoms with Crippen molar-refractivity contribution < 1.29 is 4.79 Å². The molecule has 100 valence electrons. The van der Waals surface area contributed by atoms with Crippen molar-refractivity contribution in [2.45, 2.75) is 33.2 Å². The summed E-state index contributed by atoms with van der Waals surface area (Å²) in [6, 6.07) is 1.28. The van der Waals surface area contributed by atoms with E-state index in [1.807, 2.05) is 20.8 Å². The Labute approximate surface area is 107 Å². The molecule has 4 N–H and O–H groups in total. The fourth-order valence-electron chi connectivity index (χ4n) is 1.72. The fourth-order valence-corrected chi connectivity index (χ4v) is 1.72. The van der Waals surface area contributed by atoms with Crippen LogP contribution in [-0.4, -0.2) is 23.5 Å². The second-order valence-corrected chi connectivity index (χ2v) is 5.39. The van der Waals surface area contributed by atoms with Gasteiger partial charge in [0.1, 0.15) is 5.56 Å². The number of carbonyl (C=O) groups is 1. The molecule has 5 nitrogen and oxygen atoms in total. The molecule has 0 aliphatic rings. The molecule has 5 heteroatoms. The standard InChI is InChI=1S/C13H21N3O2/c1-13(2,3)11(4-6-14)16-12(18)9-8-15-7-5-10(9)17/h5,7-8,11H,4,6,14H2,1-3H3,(H,15,17)(H,16,18). The van der Waals surface area contributed by atoms with Crippen molar-refractivity contribution in [1.82, 2.24) is 10.3 Å². The Morgan fingerprint density at radius 3 is 2.67 bits per heavy atom. The lowest BCUT2D eigenvalue weighted by molar-refractivity contribution is 0.0897. The molecule has 1 amide bonds. The predicted molar refractivity (Wildman–Crippen MR) is 71.4 cm³/mol. The minimum atomic E-state index is -0.356. The Morgan fingerprint density at radius 1 is 1.50 bits per heavy atom. The Bertz CT molecular complexity index is 460. The minimum absolute atomic E-state index is 0.0605. The molecule has 1 heterocycles. The first-order chi connectivity index (χ1) is 8.36. The zero-order valence-electron chi connectivity index (χ0n) is 11.1. The van der Waals surface area contributed by atoms with E-state index in [1.165, 1.54) is 18.5 Å². The first-order valence-corrected chi connectivity index (χ1v) is 6.04. The molecule has 0 saturated heterocycles. The van der Waals surface area contributed by atoms with Crippen LogP contribution >= 0.6 is 0 Å². The molecule has 0 fully saturated rings. The van der Waals surface area contributed by atoms with Gasteiger partial charge in [0, 0.05) is 24.5 Å². The second kappa shape index (κ2) is 5.82. The van der Waals surface area contributed by atoms with Gasteiger partial charge in [0.25, 0.3) is 5.91 Å². The van der Waals surface area contributed by atoms with E-state index in [4.69, 9.17) is 5.73 Å². The van der Waals surface area contributed by atoms with Crippen LogP contribution in [0.1, 0.15) is 37.6 Å². The van der Waals surface area contributed by atoms with E-state index in [1.54, 1.807) is 0 Å². The van der Waals surface area contributed by atoms with E-state index in [2.05, 4.69) is 10.3 Å². The molecular weight excluding hydrogens is 230 g/mol. The van der Waals surface area contributed by atoms with Gasteiger partial charge in [0.05, 0.1) is 0 Å². The Kier molecular flexibility index (Phi) is 4.67. The van der Waals surface area contributed by atoms with Gasteiger partial charge in [-0.3, -0.25) is 9.59 Å². The first kappa shape index (κ1) is 14.4. The van der Waals surface area contributed by atoms with Crippen LogP contribution in [0.5, 0.6) is 0 Å². The van der Waals surface area contributed by atoms with E-state index in [9.17, 15) is 9.59 Å². The van der Waals surface area contributed by atoms with Gasteiger partial charge in [-0.2, -0.15) is 0 Å². The van der Waals surface area contributed by atoms with Gasteiger partial charge in [-0.05, 0) is 18.4 Å². The van der Waals surface area contributed by atoms with Crippen molar-refractivity contribution in [2.24, 2.45) is 11.1 Å². The molecule has 1 atom stereocenters. The van der Waals surface area contributed by atoms with E-state index < -0.39 is 0 Å². The summed E-state index contributed by atoms with van der Waals surface area (Å²) < 4.78 is 0. The largest absolute Gasteiger partial charge is 0.367 e. The van der Waals surface area contributed by atoms with Crippen LogP contribution in [0.4, 0.5) is 0 Å². The van der Waals surface area contributed by atoms with Crippen molar-refractivity contribution in [3.8, 4) is 0 Å². The summed E-state index contributed by atoms with van der Waals surface area (Å²) in [7, 11) is 0. The summed E-state index contributed by atoms with van der Waals surface area (Å²) in [5.41, 5.74) is 5.29. The summed E-state index contributed by atoms with van der Waals surface area (Å²) in [5, 5.41) is 2.88. The third kappa shape index (κ3) is 3.70. The molecule has 0 radical (unpaired) electrons. The van der Waals surface area contributed by atoms with Crippen LogP contribution < -0.4 is 16.5 Å². The van der Waals surface area contributed by atoms with Crippen LogP contribution in [0, 0.1) is 5.41 Å². The van der Waals surface area contributed by atoms with E-state index in [0.29, 0.717) is 13.0 Å². The summed E-state index contributed by atoms with van der Waals surface area (Å²) in [4.78, 5) is 26.3. The third-order valence-corrected chi connectivity index (χ3v) is 2.87. The highest BCUT2D eigenvalue weighted by molar-refractivity contribution is 5.93. The smallest absolute Gasteiger partial charge is 0.256 e. The zero-order valence-corrected chi connectivity index (χ0v) is 11.1. The molecule has 0 spiro atoms. The predicted octanol–water partition coefficient (Wildman–Crippen LogP) is 0.868. The molecule has 1 unspecified atom stereocenters. The van der Waals surface area contributed by atoms with Crippen LogP contribution in [-0.2, 0) is 0 Å². The zero-order chi connectivity index (χ0) is 13.8. The van der Waals surface area contributed by atoms with Gasteiger partial charge in [-0.1, -0.05) is 20.8 Å². The van der Waals surface area contributed by atoms with Crippen LogP contribution in [0.15, 0.2) is 23.3 Å². The van der Waals surface area contributed by atoms with Gasteiger partial charge in [0.15, 0.2) is 5.43 Å². The van der Waals surface area contributed by atoms with Gasteiger partial charge < -0.3 is 16.0 Å².